The van der Waals surface area contributed by atoms with E-state index >= 15 is 0 Å². The zero-order chi connectivity index (χ0) is 12.8. The lowest BCUT2D eigenvalue weighted by atomic mass is 9.97. The predicted molar refractivity (Wildman–Crippen MR) is 67.1 cm³/mol. The molecule has 0 bridgehead atoms. The first-order valence-corrected chi connectivity index (χ1v) is 6.57. The summed E-state index contributed by atoms with van der Waals surface area (Å²) in [5, 5.41) is 8.68. The molecule has 0 aromatic carbocycles. The second-order valence-corrected chi connectivity index (χ2v) is 5.19. The molecule has 17 heavy (non-hydrogen) atoms. The van der Waals surface area contributed by atoms with Gasteiger partial charge in [-0.15, -0.1) is 0 Å². The van der Waals surface area contributed by atoms with E-state index in [0.29, 0.717) is 18.0 Å². The minimum Gasteiger partial charge on any atom is -0.481 e. The molecule has 1 aliphatic rings. The van der Waals surface area contributed by atoms with Crippen molar-refractivity contribution < 1.29 is 14.6 Å². The largest absolute Gasteiger partial charge is 0.481 e. The van der Waals surface area contributed by atoms with E-state index in [2.05, 4.69) is 25.7 Å². The first-order valence-electron chi connectivity index (χ1n) is 6.57. The Morgan fingerprint density at radius 1 is 1.47 bits per heavy atom. The summed E-state index contributed by atoms with van der Waals surface area (Å²) >= 11 is 0. The Bertz CT molecular complexity index is 237. The summed E-state index contributed by atoms with van der Waals surface area (Å²) in [7, 11) is 0. The van der Waals surface area contributed by atoms with Gasteiger partial charge in [0.15, 0.2) is 0 Å². The summed E-state index contributed by atoms with van der Waals surface area (Å²) in [6, 6.07) is 0.936. The van der Waals surface area contributed by atoms with Gasteiger partial charge >= 0.3 is 5.97 Å². The molecule has 1 rings (SSSR count). The third kappa shape index (κ3) is 4.64. The highest BCUT2D eigenvalue weighted by atomic mass is 16.5. The third-order valence-electron chi connectivity index (χ3n) is 3.64. The van der Waals surface area contributed by atoms with Crippen molar-refractivity contribution in [2.45, 2.75) is 52.1 Å². The van der Waals surface area contributed by atoms with Gasteiger partial charge in [-0.05, 0) is 46.1 Å². The average molecular weight is 243 g/mol. The number of ether oxygens (including phenoxy) is 1. The second kappa shape index (κ2) is 6.97. The highest BCUT2D eigenvalue weighted by Crippen LogP contribution is 2.22. The van der Waals surface area contributed by atoms with E-state index in [9.17, 15) is 4.79 Å². The van der Waals surface area contributed by atoms with Crippen LogP contribution < -0.4 is 0 Å². The molecule has 1 heterocycles. The Hall–Kier alpha value is -0.610. The van der Waals surface area contributed by atoms with Crippen molar-refractivity contribution in [2.75, 3.05) is 19.8 Å². The van der Waals surface area contributed by atoms with Crippen molar-refractivity contribution in [3.8, 4) is 0 Å². The zero-order valence-corrected chi connectivity index (χ0v) is 11.2. The number of hydrogen-bond donors (Lipinski definition) is 1. The van der Waals surface area contributed by atoms with Gasteiger partial charge in [0.25, 0.3) is 0 Å². The number of hydrogen-bond acceptors (Lipinski definition) is 3. The lowest BCUT2D eigenvalue weighted by molar-refractivity contribution is -0.137. The highest BCUT2D eigenvalue weighted by Gasteiger charge is 2.28. The van der Waals surface area contributed by atoms with Crippen LogP contribution >= 0.6 is 0 Å². The quantitative estimate of drug-likeness (QED) is 0.743. The van der Waals surface area contributed by atoms with E-state index in [-0.39, 0.29) is 6.42 Å². The van der Waals surface area contributed by atoms with Gasteiger partial charge in [0.1, 0.15) is 0 Å². The minimum absolute atomic E-state index is 0.261. The number of aliphatic carboxylic acids is 1. The molecule has 4 nitrogen and oxygen atoms in total. The van der Waals surface area contributed by atoms with Gasteiger partial charge in [-0.1, -0.05) is 0 Å². The molecule has 0 spiro atoms. The molecule has 0 aromatic heterocycles. The summed E-state index contributed by atoms with van der Waals surface area (Å²) < 4.78 is 5.43. The van der Waals surface area contributed by atoms with Gasteiger partial charge in [0.05, 0.1) is 6.61 Å². The second-order valence-electron chi connectivity index (χ2n) is 5.19. The zero-order valence-electron chi connectivity index (χ0n) is 11.2. The van der Waals surface area contributed by atoms with Gasteiger partial charge in [-0.25, -0.2) is 0 Å². The molecule has 0 aromatic rings. The van der Waals surface area contributed by atoms with E-state index in [1.165, 1.54) is 0 Å². The van der Waals surface area contributed by atoms with Crippen LogP contribution in [0.1, 0.15) is 40.0 Å². The third-order valence-corrected chi connectivity index (χ3v) is 3.64. The molecule has 2 unspecified atom stereocenters. The maximum absolute atomic E-state index is 10.5. The smallest absolute Gasteiger partial charge is 0.303 e. The fourth-order valence-corrected chi connectivity index (χ4v) is 2.55. The molecule has 0 amide bonds. The summed E-state index contributed by atoms with van der Waals surface area (Å²) in [6.45, 7) is 9.17. The van der Waals surface area contributed by atoms with Crippen LogP contribution in [0.4, 0.5) is 0 Å². The van der Waals surface area contributed by atoms with Gasteiger partial charge in [-0.3, -0.25) is 9.69 Å². The summed E-state index contributed by atoms with van der Waals surface area (Å²) in [5.41, 5.74) is 0. The highest BCUT2D eigenvalue weighted by molar-refractivity contribution is 5.66. The number of carbonyl (C=O) groups is 1. The molecular formula is C13H25NO3. The van der Waals surface area contributed by atoms with Crippen LogP contribution in [0.25, 0.3) is 0 Å². The van der Waals surface area contributed by atoms with Crippen molar-refractivity contribution in [2.24, 2.45) is 5.92 Å². The van der Waals surface area contributed by atoms with Crippen molar-refractivity contribution in [3.05, 3.63) is 0 Å². The molecule has 1 aliphatic heterocycles. The van der Waals surface area contributed by atoms with Crippen LogP contribution in [0.2, 0.25) is 0 Å². The molecule has 0 radical (unpaired) electrons. The average Bonchev–Trinajstić information content (AvgIpc) is 2.75. The first kappa shape index (κ1) is 14.5. The van der Waals surface area contributed by atoms with Crippen molar-refractivity contribution in [3.63, 3.8) is 0 Å². The molecule has 0 saturated carbocycles. The fraction of sp³-hybridized carbons (Fsp3) is 0.923. The van der Waals surface area contributed by atoms with Crippen molar-refractivity contribution in [1.82, 2.24) is 4.90 Å². The standard InChI is InChI=1S/C13H25NO3/c1-10(2)14(7-4-5-13(15)16)11(3)12-6-8-17-9-12/h10-12H,4-9H2,1-3H3,(H,15,16). The lowest BCUT2D eigenvalue weighted by Crippen LogP contribution is -2.43. The van der Waals surface area contributed by atoms with Gasteiger partial charge in [0.2, 0.25) is 0 Å². The normalized spacial score (nSPS) is 22.3. The van der Waals surface area contributed by atoms with Gasteiger partial charge in [-0.2, -0.15) is 0 Å². The number of rotatable bonds is 7. The van der Waals surface area contributed by atoms with Crippen molar-refractivity contribution in [1.29, 1.82) is 0 Å². The Morgan fingerprint density at radius 3 is 2.65 bits per heavy atom. The molecule has 1 N–H and O–H groups in total. The van der Waals surface area contributed by atoms with Gasteiger partial charge in [0, 0.05) is 25.1 Å². The Kier molecular flexibility index (Phi) is 5.92. The van der Waals surface area contributed by atoms with Crippen LogP contribution in [-0.2, 0) is 9.53 Å². The van der Waals surface area contributed by atoms with Crippen LogP contribution in [0.5, 0.6) is 0 Å². The van der Waals surface area contributed by atoms with Crippen molar-refractivity contribution >= 4 is 5.97 Å². The Labute approximate surface area is 104 Å². The first-order chi connectivity index (χ1) is 8.02. The number of carboxylic acid groups (broad SMARTS) is 1. The summed E-state index contributed by atoms with van der Waals surface area (Å²) in [4.78, 5) is 12.9. The molecule has 1 saturated heterocycles. The lowest BCUT2D eigenvalue weighted by Gasteiger charge is -2.35. The molecular weight excluding hydrogens is 218 g/mol. The van der Waals surface area contributed by atoms with E-state index in [1.807, 2.05) is 0 Å². The monoisotopic (exact) mass is 243 g/mol. The van der Waals surface area contributed by atoms with E-state index in [4.69, 9.17) is 9.84 Å². The molecule has 4 heteroatoms. The molecule has 100 valence electrons. The van der Waals surface area contributed by atoms with Crippen LogP contribution in [0, 0.1) is 5.92 Å². The predicted octanol–water partition coefficient (Wildman–Crippen LogP) is 1.99. The Balaban J connectivity index is 2.43. The molecule has 0 aliphatic carbocycles. The van der Waals surface area contributed by atoms with E-state index in [1.54, 1.807) is 0 Å². The van der Waals surface area contributed by atoms with Gasteiger partial charge < -0.3 is 9.84 Å². The maximum Gasteiger partial charge on any atom is 0.303 e. The van der Waals surface area contributed by atoms with E-state index in [0.717, 1.165) is 32.6 Å². The summed E-state index contributed by atoms with van der Waals surface area (Å²) in [6.07, 6.45) is 2.12. The molecule has 2 atom stereocenters. The summed E-state index contributed by atoms with van der Waals surface area (Å²) in [5.74, 6) is -0.104. The number of carboxylic acids is 1. The number of nitrogens with zero attached hydrogens (tertiary/aromatic N) is 1. The fourth-order valence-electron chi connectivity index (χ4n) is 2.55. The van der Waals surface area contributed by atoms with Crippen LogP contribution in [0.15, 0.2) is 0 Å². The van der Waals surface area contributed by atoms with E-state index < -0.39 is 5.97 Å². The van der Waals surface area contributed by atoms with Crippen LogP contribution in [-0.4, -0.2) is 47.8 Å². The maximum atomic E-state index is 10.5. The van der Waals surface area contributed by atoms with Crippen LogP contribution in [0.3, 0.4) is 0 Å². The molecule has 1 fully saturated rings. The Morgan fingerprint density at radius 2 is 2.18 bits per heavy atom. The topological polar surface area (TPSA) is 49.8 Å². The minimum atomic E-state index is -0.703. The SMILES string of the molecule is CC(C)N(CCCC(=O)O)C(C)C1CCOC1.